The minimum Gasteiger partial charge on any atom is -0.549 e. The molecule has 0 unspecified atom stereocenters. The van der Waals surface area contributed by atoms with Crippen molar-refractivity contribution in [3.8, 4) is 0 Å². The van der Waals surface area contributed by atoms with Gasteiger partial charge in [0.05, 0.1) is 22.3 Å². The van der Waals surface area contributed by atoms with Gasteiger partial charge in [0.15, 0.2) is 0 Å². The van der Waals surface area contributed by atoms with Crippen molar-refractivity contribution in [2.24, 2.45) is 0 Å². The molecular formula is C8H8N3O6S-. The van der Waals surface area contributed by atoms with E-state index >= 15 is 0 Å². The Morgan fingerprint density at radius 1 is 1.44 bits per heavy atom. The summed E-state index contributed by atoms with van der Waals surface area (Å²) in [5.74, 6) is -1.62. The van der Waals surface area contributed by atoms with Gasteiger partial charge in [-0.25, -0.2) is 13.1 Å². The van der Waals surface area contributed by atoms with Gasteiger partial charge >= 0.3 is 0 Å². The predicted molar refractivity (Wildman–Crippen MR) is 57.7 cm³/mol. The standard InChI is InChI=1S/C8H9N3O6S/c9-6-2-1-5(3-7(6)11(14)15)18(16,17)10-4-8(12)13/h1-3,10H,4,9H2,(H,12,13)/p-1. The fourth-order valence-corrected chi connectivity index (χ4v) is 2.07. The van der Waals surface area contributed by atoms with E-state index in [9.17, 15) is 28.4 Å². The van der Waals surface area contributed by atoms with Crippen LogP contribution in [0.3, 0.4) is 0 Å². The summed E-state index contributed by atoms with van der Waals surface area (Å²) in [7, 11) is -4.16. The predicted octanol–water partition coefficient (Wildman–Crippen LogP) is -1.79. The highest BCUT2D eigenvalue weighted by molar-refractivity contribution is 7.89. The zero-order chi connectivity index (χ0) is 13.9. The molecule has 0 saturated heterocycles. The van der Waals surface area contributed by atoms with Gasteiger partial charge < -0.3 is 15.6 Å². The number of carboxylic acid groups (broad SMARTS) is 1. The summed E-state index contributed by atoms with van der Waals surface area (Å²) in [4.78, 5) is 19.4. The Hall–Kier alpha value is -2.20. The molecule has 9 nitrogen and oxygen atoms in total. The number of nitrogens with zero attached hydrogens (tertiary/aromatic N) is 1. The molecule has 0 aliphatic carbocycles. The summed E-state index contributed by atoms with van der Waals surface area (Å²) in [6.45, 7) is -0.930. The van der Waals surface area contributed by atoms with Crippen molar-refractivity contribution in [3.05, 3.63) is 28.3 Å². The van der Waals surface area contributed by atoms with Gasteiger partial charge in [0.2, 0.25) is 10.0 Å². The maximum atomic E-state index is 11.6. The number of hydrogen-bond acceptors (Lipinski definition) is 7. The molecule has 1 aromatic rings. The number of nitro groups is 1. The van der Waals surface area contributed by atoms with Crippen LogP contribution in [-0.2, 0) is 14.8 Å². The summed E-state index contributed by atoms with van der Waals surface area (Å²) in [5.41, 5.74) is 4.52. The zero-order valence-corrected chi connectivity index (χ0v) is 9.64. The molecule has 0 heterocycles. The summed E-state index contributed by atoms with van der Waals surface area (Å²) in [6, 6.07) is 2.82. The molecule has 98 valence electrons. The Morgan fingerprint density at radius 3 is 2.56 bits per heavy atom. The van der Waals surface area contributed by atoms with Crippen LogP contribution in [0.4, 0.5) is 11.4 Å². The van der Waals surface area contributed by atoms with E-state index in [1.807, 2.05) is 0 Å². The number of aliphatic carboxylic acids is 1. The average molecular weight is 274 g/mol. The van der Waals surface area contributed by atoms with E-state index in [1.54, 1.807) is 4.72 Å². The highest BCUT2D eigenvalue weighted by Crippen LogP contribution is 2.24. The van der Waals surface area contributed by atoms with Gasteiger partial charge in [-0.05, 0) is 12.1 Å². The molecule has 0 aromatic heterocycles. The normalized spacial score (nSPS) is 11.1. The van der Waals surface area contributed by atoms with Crippen LogP contribution < -0.4 is 15.6 Å². The highest BCUT2D eigenvalue weighted by Gasteiger charge is 2.19. The lowest BCUT2D eigenvalue weighted by Crippen LogP contribution is -2.37. The van der Waals surface area contributed by atoms with Gasteiger partial charge in [-0.2, -0.15) is 0 Å². The molecule has 1 rings (SSSR count). The average Bonchev–Trinajstić information content (AvgIpc) is 2.26. The van der Waals surface area contributed by atoms with Gasteiger partial charge in [-0.1, -0.05) is 0 Å². The molecule has 0 amide bonds. The number of anilines is 1. The molecule has 0 aliphatic rings. The molecule has 0 atom stereocenters. The number of nitrogens with one attached hydrogen (secondary N) is 1. The molecular weight excluding hydrogens is 266 g/mol. The lowest BCUT2D eigenvalue weighted by Gasteiger charge is -2.07. The van der Waals surface area contributed by atoms with Crippen LogP contribution in [0.1, 0.15) is 0 Å². The number of nitrogen functional groups attached to an aromatic ring is 1. The first-order valence-corrected chi connectivity index (χ1v) is 5.96. The van der Waals surface area contributed by atoms with Crippen LogP contribution in [0.2, 0.25) is 0 Å². The Labute approximate surface area is 101 Å². The second kappa shape index (κ2) is 4.98. The number of carbonyl (C=O) groups is 1. The van der Waals surface area contributed by atoms with E-state index in [2.05, 4.69) is 0 Å². The van der Waals surface area contributed by atoms with Crippen molar-refractivity contribution in [3.63, 3.8) is 0 Å². The summed E-state index contributed by atoms with van der Waals surface area (Å²) in [5, 5.41) is 20.7. The minimum atomic E-state index is -4.16. The number of carboxylic acids is 1. The lowest BCUT2D eigenvalue weighted by atomic mass is 10.3. The van der Waals surface area contributed by atoms with Crippen LogP contribution in [0, 0.1) is 10.1 Å². The molecule has 3 N–H and O–H groups in total. The zero-order valence-electron chi connectivity index (χ0n) is 8.82. The summed E-state index contributed by atoms with van der Waals surface area (Å²) >= 11 is 0. The Balaban J connectivity index is 3.14. The van der Waals surface area contributed by atoms with E-state index in [4.69, 9.17) is 5.73 Å². The quantitative estimate of drug-likeness (QED) is 0.364. The number of rotatable bonds is 5. The lowest BCUT2D eigenvalue weighted by molar-refractivity contribution is -0.384. The van der Waals surface area contributed by atoms with Crippen LogP contribution in [0.5, 0.6) is 0 Å². The number of carbonyl (C=O) groups excluding carboxylic acids is 1. The van der Waals surface area contributed by atoms with E-state index in [-0.39, 0.29) is 5.69 Å². The molecule has 1 aromatic carbocycles. The third-order valence-corrected chi connectivity index (χ3v) is 3.31. The fraction of sp³-hybridized carbons (Fsp3) is 0.125. The van der Waals surface area contributed by atoms with Crippen LogP contribution in [-0.4, -0.2) is 25.9 Å². The summed E-state index contributed by atoms with van der Waals surface area (Å²) in [6.07, 6.45) is 0. The first-order chi connectivity index (χ1) is 8.24. The van der Waals surface area contributed by atoms with Gasteiger partial charge in [0, 0.05) is 6.07 Å². The molecule has 0 aliphatic heterocycles. The fourth-order valence-electron chi connectivity index (χ4n) is 1.09. The Morgan fingerprint density at radius 2 is 2.06 bits per heavy atom. The largest absolute Gasteiger partial charge is 0.549 e. The van der Waals surface area contributed by atoms with Crippen molar-refractivity contribution >= 4 is 27.4 Å². The maximum absolute atomic E-state index is 11.6. The number of nitrogens with two attached hydrogens (primary N) is 1. The third-order valence-electron chi connectivity index (χ3n) is 1.92. The Bertz CT molecular complexity index is 597. The third kappa shape index (κ3) is 3.15. The molecule has 18 heavy (non-hydrogen) atoms. The second-order valence-electron chi connectivity index (χ2n) is 3.17. The molecule has 0 radical (unpaired) electrons. The van der Waals surface area contributed by atoms with E-state index in [0.717, 1.165) is 18.2 Å². The number of benzene rings is 1. The van der Waals surface area contributed by atoms with Crippen LogP contribution >= 0.6 is 0 Å². The molecule has 0 bridgehead atoms. The summed E-state index contributed by atoms with van der Waals surface area (Å²) < 4.78 is 24.8. The minimum absolute atomic E-state index is 0.196. The van der Waals surface area contributed by atoms with Gasteiger partial charge in [0.25, 0.3) is 5.69 Å². The number of hydrogen-bond donors (Lipinski definition) is 2. The maximum Gasteiger partial charge on any atom is 0.293 e. The van der Waals surface area contributed by atoms with Crippen LogP contribution in [0.15, 0.2) is 23.1 Å². The molecule has 0 spiro atoms. The molecule has 0 fully saturated rings. The Kier molecular flexibility index (Phi) is 3.83. The van der Waals surface area contributed by atoms with Crippen molar-refractivity contribution in [2.75, 3.05) is 12.3 Å². The van der Waals surface area contributed by atoms with E-state index in [1.165, 1.54) is 0 Å². The first-order valence-electron chi connectivity index (χ1n) is 4.47. The monoisotopic (exact) mass is 274 g/mol. The van der Waals surface area contributed by atoms with Crippen LogP contribution in [0.25, 0.3) is 0 Å². The first kappa shape index (κ1) is 13.9. The van der Waals surface area contributed by atoms with E-state index in [0.29, 0.717) is 0 Å². The molecule has 0 saturated carbocycles. The van der Waals surface area contributed by atoms with Gasteiger partial charge in [-0.3, -0.25) is 10.1 Å². The highest BCUT2D eigenvalue weighted by atomic mass is 32.2. The number of nitro benzene ring substituents is 1. The number of sulfonamides is 1. The van der Waals surface area contributed by atoms with Crippen molar-refractivity contribution in [2.45, 2.75) is 4.90 Å². The van der Waals surface area contributed by atoms with Crippen molar-refractivity contribution in [1.82, 2.24) is 4.72 Å². The van der Waals surface area contributed by atoms with E-state index < -0.39 is 38.0 Å². The second-order valence-corrected chi connectivity index (χ2v) is 4.94. The van der Waals surface area contributed by atoms with Gasteiger partial charge in [-0.15, -0.1) is 0 Å². The van der Waals surface area contributed by atoms with Crippen molar-refractivity contribution in [1.29, 1.82) is 0 Å². The SMILES string of the molecule is Nc1ccc(S(=O)(=O)NCC(=O)[O-])cc1[N+](=O)[O-]. The van der Waals surface area contributed by atoms with Gasteiger partial charge in [0.1, 0.15) is 5.69 Å². The molecule has 10 heteroatoms. The topological polar surface area (TPSA) is 155 Å². The van der Waals surface area contributed by atoms with Crippen molar-refractivity contribution < 1.29 is 23.2 Å². The smallest absolute Gasteiger partial charge is 0.293 e.